The van der Waals surface area contributed by atoms with Gasteiger partial charge < -0.3 is 10.1 Å². The molecular formula is C11H18N2O3. The van der Waals surface area contributed by atoms with Crippen molar-refractivity contribution in [2.75, 3.05) is 13.2 Å². The van der Waals surface area contributed by atoms with Crippen LogP contribution in [0.3, 0.4) is 0 Å². The third kappa shape index (κ3) is 7.80. The zero-order valence-corrected chi connectivity index (χ0v) is 9.62. The van der Waals surface area contributed by atoms with Gasteiger partial charge in [0.25, 0.3) is 0 Å². The predicted octanol–water partition coefficient (Wildman–Crippen LogP) is 1.14. The molecule has 0 aromatic rings. The molecule has 0 saturated carbocycles. The van der Waals surface area contributed by atoms with Gasteiger partial charge in [-0.2, -0.15) is 5.26 Å². The van der Waals surface area contributed by atoms with Crippen LogP contribution in [0.25, 0.3) is 0 Å². The first-order valence-electron chi connectivity index (χ1n) is 5.54. The molecule has 1 amide bonds. The highest BCUT2D eigenvalue weighted by atomic mass is 16.5. The lowest BCUT2D eigenvalue weighted by atomic mass is 10.1. The van der Waals surface area contributed by atoms with E-state index in [0.717, 1.165) is 25.7 Å². The third-order valence-corrected chi connectivity index (χ3v) is 1.96. The largest absolute Gasteiger partial charge is 0.459 e. The molecule has 0 aliphatic rings. The third-order valence-electron chi connectivity index (χ3n) is 1.96. The monoisotopic (exact) mass is 226 g/mol. The molecule has 0 rings (SSSR count). The summed E-state index contributed by atoms with van der Waals surface area (Å²) in [7, 11) is 0. The molecule has 0 aliphatic heterocycles. The molecule has 0 heterocycles. The number of hydrogen-bond acceptors (Lipinski definition) is 4. The van der Waals surface area contributed by atoms with E-state index in [1.807, 2.05) is 0 Å². The number of amides is 1. The van der Waals surface area contributed by atoms with Crippen LogP contribution in [0.15, 0.2) is 0 Å². The van der Waals surface area contributed by atoms with Gasteiger partial charge in [-0.25, -0.2) is 4.79 Å². The maximum absolute atomic E-state index is 11.0. The zero-order chi connectivity index (χ0) is 12.2. The van der Waals surface area contributed by atoms with Gasteiger partial charge in [0.15, 0.2) is 0 Å². The van der Waals surface area contributed by atoms with Gasteiger partial charge in [-0.3, -0.25) is 4.79 Å². The van der Waals surface area contributed by atoms with E-state index < -0.39 is 11.9 Å². The first kappa shape index (κ1) is 14.4. The Labute approximate surface area is 95.8 Å². The number of esters is 1. The second kappa shape index (κ2) is 9.97. The number of unbranched alkanes of at least 4 members (excludes halogenated alkanes) is 4. The first-order chi connectivity index (χ1) is 7.72. The summed E-state index contributed by atoms with van der Waals surface area (Å²) in [6, 6.07) is 2.07. The normalized spacial score (nSPS) is 9.25. The summed E-state index contributed by atoms with van der Waals surface area (Å²) in [6.07, 6.45) is 4.21. The molecule has 0 spiro atoms. The maximum atomic E-state index is 11.0. The van der Waals surface area contributed by atoms with Crippen LogP contribution in [0.5, 0.6) is 0 Å². The average Bonchev–Trinajstić information content (AvgIpc) is 2.28. The van der Waals surface area contributed by atoms with Crippen LogP contribution in [0.2, 0.25) is 0 Å². The number of rotatable bonds is 7. The molecule has 0 unspecified atom stereocenters. The number of carbonyl (C=O) groups is 2. The fourth-order valence-electron chi connectivity index (χ4n) is 1.15. The van der Waals surface area contributed by atoms with Gasteiger partial charge in [-0.1, -0.05) is 12.8 Å². The van der Waals surface area contributed by atoms with Crippen LogP contribution in [0, 0.1) is 11.3 Å². The zero-order valence-electron chi connectivity index (χ0n) is 9.62. The van der Waals surface area contributed by atoms with E-state index in [1.165, 1.54) is 0 Å². The quantitative estimate of drug-likeness (QED) is 0.401. The number of nitriles is 1. The van der Waals surface area contributed by atoms with Gasteiger partial charge in [0, 0.05) is 13.0 Å². The van der Waals surface area contributed by atoms with Crippen molar-refractivity contribution in [1.82, 2.24) is 5.32 Å². The maximum Gasteiger partial charge on any atom is 0.396 e. The summed E-state index contributed by atoms with van der Waals surface area (Å²) in [5, 5.41) is 10.8. The Hall–Kier alpha value is -1.57. The molecule has 0 aromatic heterocycles. The van der Waals surface area contributed by atoms with E-state index in [9.17, 15) is 9.59 Å². The number of nitrogens with zero attached hydrogens (tertiary/aromatic N) is 1. The molecule has 5 nitrogen and oxygen atoms in total. The molecule has 16 heavy (non-hydrogen) atoms. The predicted molar refractivity (Wildman–Crippen MR) is 58.3 cm³/mol. The fraction of sp³-hybridized carbons (Fsp3) is 0.727. The number of ether oxygens (including phenoxy) is 1. The molecule has 0 radical (unpaired) electrons. The lowest BCUT2D eigenvalue weighted by Crippen LogP contribution is -2.33. The van der Waals surface area contributed by atoms with Crippen LogP contribution in [-0.4, -0.2) is 25.0 Å². The number of hydrogen-bond donors (Lipinski definition) is 1. The Morgan fingerprint density at radius 1 is 1.25 bits per heavy atom. The summed E-state index contributed by atoms with van der Waals surface area (Å²) in [5.74, 6) is -1.51. The second-order valence-electron chi connectivity index (χ2n) is 3.30. The Bertz CT molecular complexity index is 258. The fourth-order valence-corrected chi connectivity index (χ4v) is 1.15. The van der Waals surface area contributed by atoms with E-state index in [1.54, 1.807) is 6.92 Å². The van der Waals surface area contributed by atoms with Crippen molar-refractivity contribution in [2.45, 2.75) is 39.0 Å². The van der Waals surface area contributed by atoms with Crippen molar-refractivity contribution in [3.8, 4) is 6.07 Å². The molecule has 0 bridgehead atoms. The Balaban J connectivity index is 3.35. The van der Waals surface area contributed by atoms with E-state index in [0.29, 0.717) is 13.0 Å². The molecule has 0 saturated heterocycles. The smallest absolute Gasteiger partial charge is 0.396 e. The summed E-state index contributed by atoms with van der Waals surface area (Å²) >= 11 is 0. The topological polar surface area (TPSA) is 79.2 Å². The van der Waals surface area contributed by atoms with E-state index >= 15 is 0 Å². The standard InChI is InChI=1S/C11H18N2O3/c1-2-16-11(15)10(14)13-9-7-5-3-4-6-8-12/h2-7,9H2,1H3,(H,13,14). The summed E-state index contributed by atoms with van der Waals surface area (Å²) in [6.45, 7) is 2.34. The van der Waals surface area contributed by atoms with Gasteiger partial charge >= 0.3 is 11.9 Å². The average molecular weight is 226 g/mol. The van der Waals surface area contributed by atoms with Crippen molar-refractivity contribution < 1.29 is 14.3 Å². The summed E-state index contributed by atoms with van der Waals surface area (Å²) < 4.78 is 4.53. The minimum atomic E-state index is -0.827. The molecule has 0 aliphatic carbocycles. The van der Waals surface area contributed by atoms with Gasteiger partial charge in [0.2, 0.25) is 0 Å². The SMILES string of the molecule is CCOC(=O)C(=O)NCCCCCCC#N. The van der Waals surface area contributed by atoms with Crippen molar-refractivity contribution in [1.29, 1.82) is 5.26 Å². The van der Waals surface area contributed by atoms with E-state index in [4.69, 9.17) is 5.26 Å². The summed E-state index contributed by atoms with van der Waals surface area (Å²) in [5.41, 5.74) is 0. The molecule has 1 N–H and O–H groups in total. The van der Waals surface area contributed by atoms with Crippen LogP contribution in [0.4, 0.5) is 0 Å². The lowest BCUT2D eigenvalue weighted by molar-refractivity contribution is -0.154. The van der Waals surface area contributed by atoms with Crippen molar-refractivity contribution in [3.05, 3.63) is 0 Å². The molecule has 0 atom stereocenters. The van der Waals surface area contributed by atoms with Crippen molar-refractivity contribution >= 4 is 11.9 Å². The van der Waals surface area contributed by atoms with Crippen molar-refractivity contribution in [2.24, 2.45) is 0 Å². The van der Waals surface area contributed by atoms with Crippen LogP contribution in [-0.2, 0) is 14.3 Å². The minimum Gasteiger partial charge on any atom is -0.459 e. The van der Waals surface area contributed by atoms with Crippen LogP contribution in [0.1, 0.15) is 39.0 Å². The minimum absolute atomic E-state index is 0.209. The number of carbonyl (C=O) groups excluding carboxylic acids is 2. The molecule has 5 heteroatoms. The number of nitrogens with one attached hydrogen (secondary N) is 1. The molecule has 0 aromatic carbocycles. The first-order valence-corrected chi connectivity index (χ1v) is 5.54. The van der Waals surface area contributed by atoms with Crippen LogP contribution >= 0.6 is 0 Å². The molecule has 90 valence electrons. The van der Waals surface area contributed by atoms with Gasteiger partial charge in [0.1, 0.15) is 0 Å². The van der Waals surface area contributed by atoms with Gasteiger partial charge in [0.05, 0.1) is 12.7 Å². The van der Waals surface area contributed by atoms with E-state index in [2.05, 4.69) is 16.1 Å². The molecule has 0 fully saturated rings. The Kier molecular flexibility index (Phi) is 8.99. The summed E-state index contributed by atoms with van der Waals surface area (Å²) in [4.78, 5) is 21.9. The van der Waals surface area contributed by atoms with Crippen molar-refractivity contribution in [3.63, 3.8) is 0 Å². The van der Waals surface area contributed by atoms with Gasteiger partial charge in [-0.05, 0) is 19.8 Å². The highest BCUT2D eigenvalue weighted by molar-refractivity contribution is 6.32. The lowest BCUT2D eigenvalue weighted by Gasteiger charge is -2.03. The van der Waals surface area contributed by atoms with Gasteiger partial charge in [-0.15, -0.1) is 0 Å². The highest BCUT2D eigenvalue weighted by Crippen LogP contribution is 2.01. The molecular weight excluding hydrogens is 208 g/mol. The second-order valence-corrected chi connectivity index (χ2v) is 3.30. The van der Waals surface area contributed by atoms with E-state index in [-0.39, 0.29) is 6.61 Å². The highest BCUT2D eigenvalue weighted by Gasteiger charge is 2.12. The van der Waals surface area contributed by atoms with Crippen LogP contribution < -0.4 is 5.32 Å². The Morgan fingerprint density at radius 2 is 1.94 bits per heavy atom. The Morgan fingerprint density at radius 3 is 2.56 bits per heavy atom.